The Morgan fingerprint density at radius 3 is 2.65 bits per heavy atom. The van der Waals surface area contributed by atoms with Crippen LogP contribution in [0, 0.1) is 18.3 Å². The van der Waals surface area contributed by atoms with E-state index in [1.54, 1.807) is 6.07 Å². The van der Waals surface area contributed by atoms with E-state index >= 15 is 0 Å². The molecule has 0 aliphatic rings. The highest BCUT2D eigenvalue weighted by molar-refractivity contribution is 5.69. The summed E-state index contributed by atoms with van der Waals surface area (Å²) in [5.74, 6) is 0. The van der Waals surface area contributed by atoms with Gasteiger partial charge in [-0.25, -0.2) is 0 Å². The molecule has 84 valence electrons. The second-order valence-corrected chi connectivity index (χ2v) is 3.91. The molecule has 3 heteroatoms. The quantitative estimate of drug-likeness (QED) is 0.768. The van der Waals surface area contributed by atoms with Crippen molar-refractivity contribution >= 4 is 17.1 Å². The van der Waals surface area contributed by atoms with Crippen molar-refractivity contribution in [2.24, 2.45) is 0 Å². The second-order valence-electron chi connectivity index (χ2n) is 3.91. The Kier molecular flexibility index (Phi) is 2.97. The zero-order chi connectivity index (χ0) is 12.3. The Morgan fingerprint density at radius 2 is 1.94 bits per heavy atom. The molecular formula is C14H13N3. The predicted octanol–water partition coefficient (Wildman–Crippen LogP) is 3.19. The number of hydrogen-bond acceptors (Lipinski definition) is 3. The summed E-state index contributed by atoms with van der Waals surface area (Å²) < 4.78 is 0. The molecule has 2 aromatic carbocycles. The van der Waals surface area contributed by atoms with Gasteiger partial charge in [-0.05, 0) is 42.8 Å². The maximum Gasteiger partial charge on any atom is 0.101 e. The molecule has 0 aromatic heterocycles. The number of aryl methyl sites for hydroxylation is 1. The van der Waals surface area contributed by atoms with Crippen LogP contribution in [0.15, 0.2) is 42.5 Å². The lowest BCUT2D eigenvalue weighted by molar-refractivity contribution is 1.43. The number of anilines is 3. The molecule has 3 nitrogen and oxygen atoms in total. The van der Waals surface area contributed by atoms with Gasteiger partial charge in [0.1, 0.15) is 6.07 Å². The van der Waals surface area contributed by atoms with Gasteiger partial charge in [-0.2, -0.15) is 5.26 Å². The van der Waals surface area contributed by atoms with E-state index in [4.69, 9.17) is 11.0 Å². The fourth-order valence-electron chi connectivity index (χ4n) is 1.73. The second kappa shape index (κ2) is 4.58. The van der Waals surface area contributed by atoms with Crippen LogP contribution in [0.5, 0.6) is 0 Å². The van der Waals surface area contributed by atoms with Crippen LogP contribution in [-0.2, 0) is 0 Å². The summed E-state index contributed by atoms with van der Waals surface area (Å²) in [6, 6.07) is 15.3. The summed E-state index contributed by atoms with van der Waals surface area (Å²) in [6.45, 7) is 1.98. The van der Waals surface area contributed by atoms with E-state index in [2.05, 4.69) is 11.4 Å². The Labute approximate surface area is 101 Å². The van der Waals surface area contributed by atoms with Gasteiger partial charge >= 0.3 is 0 Å². The van der Waals surface area contributed by atoms with Crippen molar-refractivity contribution < 1.29 is 0 Å². The molecule has 0 amide bonds. The van der Waals surface area contributed by atoms with Crippen molar-refractivity contribution in [3.05, 3.63) is 53.6 Å². The molecule has 0 heterocycles. The van der Waals surface area contributed by atoms with Crippen LogP contribution in [0.4, 0.5) is 17.1 Å². The van der Waals surface area contributed by atoms with Gasteiger partial charge in [-0.3, -0.25) is 0 Å². The fourth-order valence-corrected chi connectivity index (χ4v) is 1.73. The molecule has 0 fully saturated rings. The summed E-state index contributed by atoms with van der Waals surface area (Å²) in [4.78, 5) is 0. The van der Waals surface area contributed by atoms with Gasteiger partial charge in [0, 0.05) is 11.4 Å². The van der Waals surface area contributed by atoms with Gasteiger partial charge in [0.05, 0.1) is 11.3 Å². The maximum absolute atomic E-state index is 8.99. The van der Waals surface area contributed by atoms with Crippen LogP contribution < -0.4 is 11.1 Å². The van der Waals surface area contributed by atoms with Gasteiger partial charge < -0.3 is 11.1 Å². The van der Waals surface area contributed by atoms with Crippen molar-refractivity contribution in [3.63, 3.8) is 0 Å². The lowest BCUT2D eigenvalue weighted by atomic mass is 10.1. The SMILES string of the molecule is Cc1cc(N)cc(Nc2ccccc2C#N)c1. The summed E-state index contributed by atoms with van der Waals surface area (Å²) in [5, 5.41) is 12.2. The van der Waals surface area contributed by atoms with Gasteiger partial charge in [0.15, 0.2) is 0 Å². The van der Waals surface area contributed by atoms with E-state index in [1.807, 2.05) is 43.3 Å². The summed E-state index contributed by atoms with van der Waals surface area (Å²) >= 11 is 0. The van der Waals surface area contributed by atoms with Crippen molar-refractivity contribution in [1.29, 1.82) is 5.26 Å². The molecule has 0 aliphatic carbocycles. The molecular weight excluding hydrogens is 210 g/mol. The van der Waals surface area contributed by atoms with Gasteiger partial charge in [0.25, 0.3) is 0 Å². The van der Waals surface area contributed by atoms with Crippen LogP contribution in [0.25, 0.3) is 0 Å². The third kappa shape index (κ3) is 2.56. The lowest BCUT2D eigenvalue weighted by Gasteiger charge is -2.09. The Morgan fingerprint density at radius 1 is 1.18 bits per heavy atom. The van der Waals surface area contributed by atoms with Gasteiger partial charge in [0.2, 0.25) is 0 Å². The van der Waals surface area contributed by atoms with Crippen molar-refractivity contribution in [1.82, 2.24) is 0 Å². The highest BCUT2D eigenvalue weighted by Gasteiger charge is 2.01. The molecule has 0 radical (unpaired) electrons. The standard InChI is InChI=1S/C14H13N3/c1-10-6-12(16)8-13(7-10)17-14-5-3-2-4-11(14)9-15/h2-8,17H,16H2,1H3. The minimum atomic E-state index is 0.618. The fraction of sp³-hybridized carbons (Fsp3) is 0.0714. The van der Waals surface area contributed by atoms with Crippen molar-refractivity contribution in [2.75, 3.05) is 11.1 Å². The summed E-state index contributed by atoms with van der Waals surface area (Å²) in [6.07, 6.45) is 0. The smallest absolute Gasteiger partial charge is 0.101 e. The van der Waals surface area contributed by atoms with Crippen molar-refractivity contribution in [3.8, 4) is 6.07 Å². The number of nitrogens with zero attached hydrogens (tertiary/aromatic N) is 1. The van der Waals surface area contributed by atoms with E-state index in [0.29, 0.717) is 11.3 Å². The van der Waals surface area contributed by atoms with E-state index < -0.39 is 0 Å². The lowest BCUT2D eigenvalue weighted by Crippen LogP contribution is -1.95. The third-order valence-corrected chi connectivity index (χ3v) is 2.43. The third-order valence-electron chi connectivity index (χ3n) is 2.43. The Balaban J connectivity index is 2.35. The van der Waals surface area contributed by atoms with Crippen LogP contribution in [-0.4, -0.2) is 0 Å². The highest BCUT2D eigenvalue weighted by Crippen LogP contribution is 2.23. The first-order chi connectivity index (χ1) is 8.19. The molecule has 0 atom stereocenters. The van der Waals surface area contributed by atoms with Crippen molar-refractivity contribution in [2.45, 2.75) is 6.92 Å². The topological polar surface area (TPSA) is 61.8 Å². The number of nitrogens with two attached hydrogens (primary N) is 1. The Bertz CT molecular complexity index is 562. The largest absolute Gasteiger partial charge is 0.399 e. The number of nitrogen functional groups attached to an aromatic ring is 1. The molecule has 17 heavy (non-hydrogen) atoms. The van der Waals surface area contributed by atoms with E-state index in [0.717, 1.165) is 16.9 Å². The average molecular weight is 223 g/mol. The van der Waals surface area contributed by atoms with Gasteiger partial charge in [-0.1, -0.05) is 12.1 Å². The summed E-state index contributed by atoms with van der Waals surface area (Å²) in [7, 11) is 0. The first-order valence-electron chi connectivity index (χ1n) is 5.32. The summed E-state index contributed by atoms with van der Waals surface area (Å²) in [5.41, 5.74) is 9.88. The molecule has 2 rings (SSSR count). The molecule has 3 N–H and O–H groups in total. The maximum atomic E-state index is 8.99. The average Bonchev–Trinajstić information content (AvgIpc) is 2.28. The molecule has 0 aliphatic heterocycles. The zero-order valence-electron chi connectivity index (χ0n) is 9.57. The first-order valence-corrected chi connectivity index (χ1v) is 5.32. The van der Waals surface area contributed by atoms with Crippen LogP contribution in [0.3, 0.4) is 0 Å². The van der Waals surface area contributed by atoms with E-state index in [1.165, 1.54) is 0 Å². The molecule has 0 saturated heterocycles. The number of benzene rings is 2. The van der Waals surface area contributed by atoms with Crippen LogP contribution in [0.2, 0.25) is 0 Å². The number of nitrogens with one attached hydrogen (secondary N) is 1. The molecule has 2 aromatic rings. The van der Waals surface area contributed by atoms with E-state index in [-0.39, 0.29) is 0 Å². The Hall–Kier alpha value is -2.47. The molecule has 0 unspecified atom stereocenters. The normalized spacial score (nSPS) is 9.65. The molecule has 0 bridgehead atoms. The number of para-hydroxylation sites is 1. The number of hydrogen-bond donors (Lipinski definition) is 2. The first kappa shape index (κ1) is 11.0. The minimum absolute atomic E-state index is 0.618. The highest BCUT2D eigenvalue weighted by atomic mass is 14.9. The number of nitriles is 1. The molecule has 0 saturated carbocycles. The number of rotatable bonds is 2. The van der Waals surface area contributed by atoms with Gasteiger partial charge in [-0.15, -0.1) is 0 Å². The van der Waals surface area contributed by atoms with E-state index in [9.17, 15) is 0 Å². The predicted molar refractivity (Wildman–Crippen MR) is 70.0 cm³/mol. The van der Waals surface area contributed by atoms with Crippen LogP contribution in [0.1, 0.15) is 11.1 Å². The minimum Gasteiger partial charge on any atom is -0.399 e. The van der Waals surface area contributed by atoms with Crippen LogP contribution >= 0.6 is 0 Å². The zero-order valence-corrected chi connectivity index (χ0v) is 9.57. The molecule has 0 spiro atoms. The monoisotopic (exact) mass is 223 g/mol.